The second-order valence-electron chi connectivity index (χ2n) is 5.65. The summed E-state index contributed by atoms with van der Waals surface area (Å²) in [5.74, 6) is 0. The fourth-order valence-electron chi connectivity index (χ4n) is 2.60. The molecule has 0 saturated heterocycles. The van der Waals surface area contributed by atoms with Gasteiger partial charge in [-0.05, 0) is 48.8 Å². The molecule has 0 spiro atoms. The Hall–Kier alpha value is -0.900. The van der Waals surface area contributed by atoms with E-state index in [1.807, 2.05) is 0 Å². The second-order valence-corrected chi connectivity index (χ2v) is 5.65. The zero-order valence-corrected chi connectivity index (χ0v) is 12.0. The summed E-state index contributed by atoms with van der Waals surface area (Å²) < 4.78 is 5.19. The molecule has 3 heteroatoms. The van der Waals surface area contributed by atoms with Crippen LogP contribution >= 0.6 is 0 Å². The molecule has 106 valence electrons. The number of hydrogen-bond acceptors (Lipinski definition) is 3. The van der Waals surface area contributed by atoms with Gasteiger partial charge < -0.3 is 15.8 Å². The van der Waals surface area contributed by atoms with Crippen molar-refractivity contribution in [2.45, 2.75) is 32.2 Å². The van der Waals surface area contributed by atoms with Crippen LogP contribution in [-0.2, 0) is 17.7 Å². The van der Waals surface area contributed by atoms with Crippen molar-refractivity contribution < 1.29 is 4.74 Å². The molecule has 0 amide bonds. The molecule has 1 fully saturated rings. The third kappa shape index (κ3) is 4.30. The van der Waals surface area contributed by atoms with Crippen molar-refractivity contribution in [1.82, 2.24) is 5.32 Å². The lowest BCUT2D eigenvalue weighted by molar-refractivity contribution is 0.171. The van der Waals surface area contributed by atoms with Crippen LogP contribution in [0.3, 0.4) is 0 Å². The summed E-state index contributed by atoms with van der Waals surface area (Å²) in [5, 5.41) is 3.62. The minimum atomic E-state index is 0.513. The van der Waals surface area contributed by atoms with E-state index >= 15 is 0 Å². The van der Waals surface area contributed by atoms with E-state index < -0.39 is 0 Å². The molecule has 0 radical (unpaired) electrons. The third-order valence-corrected chi connectivity index (χ3v) is 4.14. The molecule has 19 heavy (non-hydrogen) atoms. The Bertz CT molecular complexity index is 388. The maximum Gasteiger partial charge on any atom is 0.0468 e. The maximum atomic E-state index is 5.66. The largest absolute Gasteiger partial charge is 0.385 e. The van der Waals surface area contributed by atoms with E-state index in [1.165, 1.54) is 30.4 Å². The van der Waals surface area contributed by atoms with Crippen molar-refractivity contribution in [2.75, 3.05) is 26.8 Å². The zero-order valence-electron chi connectivity index (χ0n) is 12.0. The molecule has 2 rings (SSSR count). The summed E-state index contributed by atoms with van der Waals surface area (Å²) in [6, 6.07) is 8.58. The van der Waals surface area contributed by atoms with Crippen LogP contribution in [-0.4, -0.2) is 26.8 Å². The van der Waals surface area contributed by atoms with Crippen LogP contribution in [0.1, 0.15) is 30.4 Å². The number of ether oxygens (including phenoxy) is 1. The lowest BCUT2D eigenvalue weighted by Gasteiger charge is -2.16. The van der Waals surface area contributed by atoms with Gasteiger partial charge in [-0.3, -0.25) is 0 Å². The summed E-state index contributed by atoms with van der Waals surface area (Å²) in [6.07, 6.45) is 4.83. The number of benzene rings is 1. The van der Waals surface area contributed by atoms with Gasteiger partial charge in [0.2, 0.25) is 0 Å². The van der Waals surface area contributed by atoms with Crippen LogP contribution in [0.25, 0.3) is 0 Å². The molecule has 3 nitrogen and oxygen atoms in total. The Morgan fingerprint density at radius 2 is 2.00 bits per heavy atom. The van der Waals surface area contributed by atoms with Gasteiger partial charge in [0.15, 0.2) is 0 Å². The predicted molar refractivity (Wildman–Crippen MR) is 79.1 cm³/mol. The number of hydrogen-bond donors (Lipinski definition) is 2. The van der Waals surface area contributed by atoms with Crippen LogP contribution in [0.5, 0.6) is 0 Å². The van der Waals surface area contributed by atoms with E-state index in [0.29, 0.717) is 5.41 Å². The number of nitrogens with two attached hydrogens (primary N) is 1. The average Bonchev–Trinajstić information content (AvgIpc) is 3.19. The van der Waals surface area contributed by atoms with Gasteiger partial charge in [-0.1, -0.05) is 24.3 Å². The first kappa shape index (κ1) is 14.5. The highest BCUT2D eigenvalue weighted by Gasteiger charge is 2.41. The van der Waals surface area contributed by atoms with E-state index in [-0.39, 0.29) is 0 Å². The average molecular weight is 262 g/mol. The Morgan fingerprint density at radius 1 is 1.26 bits per heavy atom. The zero-order chi connectivity index (χ0) is 13.6. The lowest BCUT2D eigenvalue weighted by Crippen LogP contribution is -2.25. The van der Waals surface area contributed by atoms with Crippen molar-refractivity contribution in [1.29, 1.82) is 0 Å². The van der Waals surface area contributed by atoms with Crippen LogP contribution < -0.4 is 11.1 Å². The van der Waals surface area contributed by atoms with Crippen molar-refractivity contribution >= 4 is 0 Å². The smallest absolute Gasteiger partial charge is 0.0468 e. The highest BCUT2D eigenvalue weighted by atomic mass is 16.5. The molecule has 0 aliphatic heterocycles. The molecule has 1 saturated carbocycles. The summed E-state index contributed by atoms with van der Waals surface area (Å²) >= 11 is 0. The van der Waals surface area contributed by atoms with Gasteiger partial charge in [0, 0.05) is 26.8 Å². The standard InChI is InChI=1S/C16H26N2O/c1-19-11-9-16(7-8-16)13-18-12-15-5-3-2-4-14(15)6-10-17/h2-5,18H,6-13,17H2,1H3. The molecule has 1 aliphatic rings. The fraction of sp³-hybridized carbons (Fsp3) is 0.625. The Balaban J connectivity index is 1.79. The molecule has 0 unspecified atom stereocenters. The Morgan fingerprint density at radius 3 is 2.63 bits per heavy atom. The third-order valence-electron chi connectivity index (χ3n) is 4.14. The molecule has 0 bridgehead atoms. The van der Waals surface area contributed by atoms with Crippen molar-refractivity contribution in [3.63, 3.8) is 0 Å². The van der Waals surface area contributed by atoms with Gasteiger partial charge in [0.25, 0.3) is 0 Å². The molecule has 1 aromatic carbocycles. The lowest BCUT2D eigenvalue weighted by atomic mass is 10.0. The molecule has 0 atom stereocenters. The molecular formula is C16H26N2O. The summed E-state index contributed by atoms with van der Waals surface area (Å²) in [4.78, 5) is 0. The molecule has 3 N–H and O–H groups in total. The predicted octanol–water partition coefficient (Wildman–Crippen LogP) is 2.09. The van der Waals surface area contributed by atoms with E-state index in [4.69, 9.17) is 10.5 Å². The first-order valence-corrected chi connectivity index (χ1v) is 7.26. The first-order valence-electron chi connectivity index (χ1n) is 7.26. The van der Waals surface area contributed by atoms with Crippen LogP contribution in [0.2, 0.25) is 0 Å². The van der Waals surface area contributed by atoms with Gasteiger partial charge in [-0.2, -0.15) is 0 Å². The molecule has 0 heterocycles. The van der Waals surface area contributed by atoms with Crippen molar-refractivity contribution in [3.05, 3.63) is 35.4 Å². The van der Waals surface area contributed by atoms with Crippen LogP contribution in [0.4, 0.5) is 0 Å². The van der Waals surface area contributed by atoms with Gasteiger partial charge >= 0.3 is 0 Å². The highest BCUT2D eigenvalue weighted by molar-refractivity contribution is 5.27. The Kier molecular flexibility index (Phi) is 5.37. The monoisotopic (exact) mass is 262 g/mol. The van der Waals surface area contributed by atoms with E-state index in [1.54, 1.807) is 7.11 Å². The maximum absolute atomic E-state index is 5.66. The van der Waals surface area contributed by atoms with Crippen molar-refractivity contribution in [3.8, 4) is 0 Å². The van der Waals surface area contributed by atoms with Crippen molar-refractivity contribution in [2.24, 2.45) is 11.1 Å². The minimum Gasteiger partial charge on any atom is -0.385 e. The first-order chi connectivity index (χ1) is 9.29. The number of methoxy groups -OCH3 is 1. The summed E-state index contributed by atoms with van der Waals surface area (Å²) in [5.41, 5.74) is 8.93. The van der Waals surface area contributed by atoms with Gasteiger partial charge in [0.05, 0.1) is 0 Å². The molecule has 1 aromatic rings. The van der Waals surface area contributed by atoms with Gasteiger partial charge in [-0.25, -0.2) is 0 Å². The van der Waals surface area contributed by atoms with E-state index in [0.717, 1.165) is 32.7 Å². The second kappa shape index (κ2) is 7.04. The molecule has 1 aliphatic carbocycles. The van der Waals surface area contributed by atoms with Crippen LogP contribution in [0.15, 0.2) is 24.3 Å². The van der Waals surface area contributed by atoms with Gasteiger partial charge in [0.1, 0.15) is 0 Å². The molecular weight excluding hydrogens is 236 g/mol. The fourth-order valence-corrected chi connectivity index (χ4v) is 2.60. The summed E-state index contributed by atoms with van der Waals surface area (Å²) in [7, 11) is 1.78. The number of rotatable bonds is 9. The highest BCUT2D eigenvalue weighted by Crippen LogP contribution is 2.48. The van der Waals surface area contributed by atoms with Crippen LogP contribution in [0, 0.1) is 5.41 Å². The molecule has 0 aromatic heterocycles. The SMILES string of the molecule is COCCC1(CNCc2ccccc2CCN)CC1. The minimum absolute atomic E-state index is 0.513. The quantitative estimate of drug-likeness (QED) is 0.716. The topological polar surface area (TPSA) is 47.3 Å². The van der Waals surface area contributed by atoms with E-state index in [2.05, 4.69) is 29.6 Å². The number of nitrogens with one attached hydrogen (secondary N) is 1. The Labute approximate surface area is 116 Å². The van der Waals surface area contributed by atoms with Gasteiger partial charge in [-0.15, -0.1) is 0 Å². The summed E-state index contributed by atoms with van der Waals surface area (Å²) in [6.45, 7) is 3.65. The normalized spacial score (nSPS) is 16.5. The van der Waals surface area contributed by atoms with E-state index in [9.17, 15) is 0 Å².